The number of hydrogen-bond acceptors (Lipinski definition) is 4. The Balaban J connectivity index is 1.52. The minimum Gasteiger partial charge on any atom is -0.347 e. The summed E-state index contributed by atoms with van der Waals surface area (Å²) in [4.78, 5) is 12.6. The lowest BCUT2D eigenvalue weighted by atomic mass is 10.1. The number of nitrogens with one attached hydrogen (secondary N) is 2. The third-order valence-electron chi connectivity index (χ3n) is 4.96. The van der Waals surface area contributed by atoms with Crippen molar-refractivity contribution in [2.45, 2.75) is 25.8 Å². The van der Waals surface area contributed by atoms with Crippen LogP contribution in [0.1, 0.15) is 29.0 Å². The molecule has 0 aliphatic carbocycles. The molecule has 4 rings (SSSR count). The molecule has 0 spiro atoms. The van der Waals surface area contributed by atoms with Gasteiger partial charge >= 0.3 is 0 Å². The molecule has 1 aliphatic rings. The van der Waals surface area contributed by atoms with Gasteiger partial charge < -0.3 is 10.6 Å². The average molecular weight is 361 g/mol. The molecule has 2 aromatic carbocycles. The van der Waals surface area contributed by atoms with Crippen LogP contribution in [0.25, 0.3) is 16.8 Å². The van der Waals surface area contributed by atoms with E-state index in [1.54, 1.807) is 4.68 Å². The molecule has 1 atom stereocenters. The second-order valence-electron chi connectivity index (χ2n) is 6.86. The monoisotopic (exact) mass is 361 g/mol. The second kappa shape index (κ2) is 7.72. The Bertz CT molecular complexity index is 912. The Morgan fingerprint density at radius 3 is 2.56 bits per heavy atom. The van der Waals surface area contributed by atoms with Crippen LogP contribution in [0, 0.1) is 6.92 Å². The zero-order valence-corrected chi connectivity index (χ0v) is 15.4. The van der Waals surface area contributed by atoms with Crippen molar-refractivity contribution >= 4 is 5.91 Å². The van der Waals surface area contributed by atoms with E-state index in [-0.39, 0.29) is 11.9 Å². The highest BCUT2D eigenvalue weighted by atomic mass is 16.2. The van der Waals surface area contributed by atoms with E-state index >= 15 is 0 Å². The first-order valence-corrected chi connectivity index (χ1v) is 9.32. The van der Waals surface area contributed by atoms with Crippen LogP contribution in [0.5, 0.6) is 0 Å². The summed E-state index contributed by atoms with van der Waals surface area (Å²) in [5, 5.41) is 14.7. The molecule has 138 valence electrons. The molecule has 2 N–H and O–H groups in total. The second-order valence-corrected chi connectivity index (χ2v) is 6.86. The quantitative estimate of drug-likeness (QED) is 0.749. The van der Waals surface area contributed by atoms with Gasteiger partial charge in [0.2, 0.25) is 0 Å². The van der Waals surface area contributed by atoms with Crippen LogP contribution in [0.4, 0.5) is 0 Å². The lowest BCUT2D eigenvalue weighted by Gasteiger charge is -2.23. The Kier molecular flexibility index (Phi) is 4.98. The van der Waals surface area contributed by atoms with E-state index in [1.165, 1.54) is 5.56 Å². The van der Waals surface area contributed by atoms with E-state index in [1.807, 2.05) is 37.3 Å². The van der Waals surface area contributed by atoms with Gasteiger partial charge in [-0.2, -0.15) is 0 Å². The van der Waals surface area contributed by atoms with E-state index in [2.05, 4.69) is 45.2 Å². The molecule has 1 aromatic heterocycles. The fourth-order valence-electron chi connectivity index (χ4n) is 3.44. The Labute approximate surface area is 158 Å². The Morgan fingerprint density at radius 1 is 1.11 bits per heavy atom. The number of carbonyl (C=O) groups excluding carboxylic acids is 1. The molecule has 1 aliphatic heterocycles. The Morgan fingerprint density at radius 2 is 1.85 bits per heavy atom. The predicted molar refractivity (Wildman–Crippen MR) is 105 cm³/mol. The van der Waals surface area contributed by atoms with Gasteiger partial charge in [-0.1, -0.05) is 47.7 Å². The summed E-state index contributed by atoms with van der Waals surface area (Å²) in [5.41, 5.74) is 4.31. The fraction of sp³-hybridized carbons (Fsp3) is 0.286. The maximum absolute atomic E-state index is 12.6. The lowest BCUT2D eigenvalue weighted by Crippen LogP contribution is -2.45. The van der Waals surface area contributed by atoms with Gasteiger partial charge in [0.1, 0.15) is 0 Å². The van der Waals surface area contributed by atoms with Crippen molar-refractivity contribution in [2.24, 2.45) is 0 Å². The van der Waals surface area contributed by atoms with Gasteiger partial charge in [-0.05, 0) is 49.6 Å². The van der Waals surface area contributed by atoms with Gasteiger partial charge in [0, 0.05) is 12.6 Å². The van der Waals surface area contributed by atoms with Gasteiger partial charge in [0.15, 0.2) is 5.69 Å². The SMILES string of the molecule is Cc1c(C(=O)NC2CCCNC2)nnn1-c1ccc(-c2ccccc2)cc1. The molecule has 0 saturated carbocycles. The third kappa shape index (κ3) is 3.75. The topological polar surface area (TPSA) is 71.8 Å². The summed E-state index contributed by atoms with van der Waals surface area (Å²) in [6.45, 7) is 3.69. The minimum atomic E-state index is -0.159. The summed E-state index contributed by atoms with van der Waals surface area (Å²) >= 11 is 0. The van der Waals surface area contributed by atoms with Gasteiger partial charge in [-0.25, -0.2) is 4.68 Å². The van der Waals surface area contributed by atoms with E-state index in [9.17, 15) is 4.79 Å². The van der Waals surface area contributed by atoms with Crippen LogP contribution < -0.4 is 10.6 Å². The number of aromatic nitrogens is 3. The van der Waals surface area contributed by atoms with Crippen molar-refractivity contribution in [3.8, 4) is 16.8 Å². The number of benzene rings is 2. The van der Waals surface area contributed by atoms with Gasteiger partial charge in [-0.15, -0.1) is 5.10 Å². The van der Waals surface area contributed by atoms with Crippen LogP contribution in [0.3, 0.4) is 0 Å². The van der Waals surface area contributed by atoms with Crippen LogP contribution in [-0.4, -0.2) is 40.0 Å². The van der Waals surface area contributed by atoms with E-state index in [4.69, 9.17) is 0 Å². The first-order chi connectivity index (χ1) is 13.2. The molecule has 6 nitrogen and oxygen atoms in total. The van der Waals surface area contributed by atoms with Crippen molar-refractivity contribution in [1.29, 1.82) is 0 Å². The predicted octanol–water partition coefficient (Wildman–Crippen LogP) is 2.72. The van der Waals surface area contributed by atoms with Gasteiger partial charge in [0.05, 0.1) is 11.4 Å². The number of rotatable bonds is 4. The average Bonchev–Trinajstić information content (AvgIpc) is 3.11. The lowest BCUT2D eigenvalue weighted by molar-refractivity contribution is 0.0925. The number of amides is 1. The first-order valence-electron chi connectivity index (χ1n) is 9.32. The fourth-order valence-corrected chi connectivity index (χ4v) is 3.44. The molecule has 1 saturated heterocycles. The number of nitrogens with zero attached hydrogens (tertiary/aromatic N) is 3. The standard InChI is InChI=1S/C21H23N5O/c1-15-20(21(27)23-18-8-5-13-22-14-18)24-25-26(15)19-11-9-17(10-12-19)16-6-3-2-4-7-16/h2-4,6-7,9-12,18,22H,5,8,13-14H2,1H3,(H,23,27). The maximum atomic E-state index is 12.6. The minimum absolute atomic E-state index is 0.154. The zero-order valence-electron chi connectivity index (χ0n) is 15.4. The number of piperidine rings is 1. The molecule has 1 unspecified atom stereocenters. The van der Waals surface area contributed by atoms with Crippen LogP contribution >= 0.6 is 0 Å². The normalized spacial score (nSPS) is 16.9. The number of carbonyl (C=O) groups is 1. The Hall–Kier alpha value is -2.99. The van der Waals surface area contributed by atoms with Crippen LogP contribution in [0.15, 0.2) is 54.6 Å². The summed E-state index contributed by atoms with van der Waals surface area (Å²) in [5.74, 6) is -0.159. The summed E-state index contributed by atoms with van der Waals surface area (Å²) < 4.78 is 1.71. The summed E-state index contributed by atoms with van der Waals surface area (Å²) in [7, 11) is 0. The van der Waals surface area contributed by atoms with E-state index in [0.29, 0.717) is 5.69 Å². The van der Waals surface area contributed by atoms with Crippen LogP contribution in [0.2, 0.25) is 0 Å². The molecule has 1 amide bonds. The molecule has 0 radical (unpaired) electrons. The molecule has 6 heteroatoms. The number of hydrogen-bond donors (Lipinski definition) is 2. The summed E-state index contributed by atoms with van der Waals surface area (Å²) in [6, 6.07) is 18.5. The smallest absolute Gasteiger partial charge is 0.274 e. The zero-order chi connectivity index (χ0) is 18.6. The van der Waals surface area contributed by atoms with Crippen LogP contribution in [-0.2, 0) is 0 Å². The van der Waals surface area contributed by atoms with Crippen molar-refractivity contribution in [3.05, 3.63) is 66.0 Å². The first kappa shape index (κ1) is 17.4. The van der Waals surface area contributed by atoms with Crippen molar-refractivity contribution in [3.63, 3.8) is 0 Å². The maximum Gasteiger partial charge on any atom is 0.274 e. The van der Waals surface area contributed by atoms with Gasteiger partial charge in [0.25, 0.3) is 5.91 Å². The highest BCUT2D eigenvalue weighted by molar-refractivity contribution is 5.93. The molecular formula is C21H23N5O. The highest BCUT2D eigenvalue weighted by Gasteiger charge is 2.21. The third-order valence-corrected chi connectivity index (χ3v) is 4.96. The van der Waals surface area contributed by atoms with Crippen molar-refractivity contribution < 1.29 is 4.79 Å². The molecule has 27 heavy (non-hydrogen) atoms. The molecular weight excluding hydrogens is 338 g/mol. The van der Waals surface area contributed by atoms with Crippen molar-refractivity contribution in [2.75, 3.05) is 13.1 Å². The van der Waals surface area contributed by atoms with Crippen molar-refractivity contribution in [1.82, 2.24) is 25.6 Å². The van der Waals surface area contributed by atoms with E-state index in [0.717, 1.165) is 42.9 Å². The molecule has 2 heterocycles. The van der Waals surface area contributed by atoms with Gasteiger partial charge in [-0.3, -0.25) is 4.79 Å². The highest BCUT2D eigenvalue weighted by Crippen LogP contribution is 2.21. The molecule has 1 fully saturated rings. The van der Waals surface area contributed by atoms with E-state index < -0.39 is 0 Å². The molecule has 0 bridgehead atoms. The largest absolute Gasteiger partial charge is 0.347 e. The summed E-state index contributed by atoms with van der Waals surface area (Å²) in [6.07, 6.45) is 2.07. The molecule has 3 aromatic rings.